The predicted molar refractivity (Wildman–Crippen MR) is 79.9 cm³/mol. The molecule has 8 heteroatoms. The molecule has 0 aliphatic rings. The second kappa shape index (κ2) is 8.21. The van der Waals surface area contributed by atoms with Crippen molar-refractivity contribution in [1.82, 2.24) is 15.6 Å². The average Bonchev–Trinajstić information content (AvgIpc) is 2.84. The van der Waals surface area contributed by atoms with Crippen molar-refractivity contribution >= 4 is 17.3 Å². The van der Waals surface area contributed by atoms with Crippen molar-refractivity contribution in [3.8, 4) is 0 Å². The molecule has 0 spiro atoms. The lowest BCUT2D eigenvalue weighted by Crippen LogP contribution is -2.39. The maximum absolute atomic E-state index is 12.0. The van der Waals surface area contributed by atoms with Crippen molar-refractivity contribution in [2.45, 2.75) is 38.8 Å². The molecule has 2 N–H and O–H groups in total. The minimum absolute atomic E-state index is 0.183. The molecule has 0 bridgehead atoms. The number of hydrogen-bond acceptors (Lipinski definition) is 3. The van der Waals surface area contributed by atoms with E-state index in [1.165, 1.54) is 7.05 Å². The number of guanidine groups is 1. The molecule has 0 radical (unpaired) electrons. The second-order valence-electron chi connectivity index (χ2n) is 4.87. The van der Waals surface area contributed by atoms with E-state index in [0.29, 0.717) is 24.8 Å². The monoisotopic (exact) mass is 322 g/mol. The van der Waals surface area contributed by atoms with Crippen LogP contribution in [0.25, 0.3) is 0 Å². The minimum atomic E-state index is -4.15. The Balaban J connectivity index is 2.28. The van der Waals surface area contributed by atoms with E-state index in [1.54, 1.807) is 11.3 Å². The van der Waals surface area contributed by atoms with Crippen LogP contribution in [0.4, 0.5) is 13.2 Å². The summed E-state index contributed by atoms with van der Waals surface area (Å²) in [5.41, 5.74) is 0.988. The normalized spacial score (nSPS) is 12.8. The van der Waals surface area contributed by atoms with Crippen molar-refractivity contribution in [2.24, 2.45) is 4.99 Å². The van der Waals surface area contributed by atoms with E-state index in [4.69, 9.17) is 0 Å². The van der Waals surface area contributed by atoms with Crippen LogP contribution in [0.15, 0.2) is 10.4 Å². The number of thiazole rings is 1. The Bertz CT molecular complexity index is 455. The SMILES string of the molecule is CN=C(NCCc1csc(C(C)C)n1)NCCC(F)(F)F. The Morgan fingerprint density at radius 3 is 2.52 bits per heavy atom. The smallest absolute Gasteiger partial charge is 0.356 e. The van der Waals surface area contributed by atoms with Crippen LogP contribution in [0, 0.1) is 0 Å². The van der Waals surface area contributed by atoms with Crippen LogP contribution in [0.5, 0.6) is 0 Å². The number of nitrogens with one attached hydrogen (secondary N) is 2. The van der Waals surface area contributed by atoms with Gasteiger partial charge in [-0.2, -0.15) is 13.2 Å². The highest BCUT2D eigenvalue weighted by Crippen LogP contribution is 2.19. The lowest BCUT2D eigenvalue weighted by molar-refractivity contribution is -0.132. The molecule has 0 saturated carbocycles. The van der Waals surface area contributed by atoms with Gasteiger partial charge in [-0.1, -0.05) is 13.8 Å². The van der Waals surface area contributed by atoms with Gasteiger partial charge in [0.25, 0.3) is 0 Å². The fraction of sp³-hybridized carbons (Fsp3) is 0.692. The molecule has 4 nitrogen and oxygen atoms in total. The summed E-state index contributed by atoms with van der Waals surface area (Å²) < 4.78 is 36.1. The summed E-state index contributed by atoms with van der Waals surface area (Å²) in [7, 11) is 1.53. The zero-order chi connectivity index (χ0) is 15.9. The average molecular weight is 322 g/mol. The fourth-order valence-corrected chi connectivity index (χ4v) is 2.42. The molecule has 0 aromatic carbocycles. The summed E-state index contributed by atoms with van der Waals surface area (Å²) >= 11 is 1.63. The Labute approximate surface area is 126 Å². The molecule has 1 aromatic rings. The molecule has 0 atom stereocenters. The van der Waals surface area contributed by atoms with Crippen LogP contribution in [0.1, 0.15) is 36.9 Å². The molecular formula is C13H21F3N4S. The highest BCUT2D eigenvalue weighted by atomic mass is 32.1. The Morgan fingerprint density at radius 2 is 2.00 bits per heavy atom. The Morgan fingerprint density at radius 1 is 1.33 bits per heavy atom. The van der Waals surface area contributed by atoms with Crippen molar-refractivity contribution in [1.29, 1.82) is 0 Å². The first-order chi connectivity index (χ1) is 9.81. The number of rotatable bonds is 6. The van der Waals surface area contributed by atoms with Crippen LogP contribution in [-0.4, -0.2) is 37.3 Å². The van der Waals surface area contributed by atoms with Gasteiger partial charge in [0.1, 0.15) is 0 Å². The molecule has 21 heavy (non-hydrogen) atoms. The van der Waals surface area contributed by atoms with Gasteiger partial charge in [0.05, 0.1) is 17.1 Å². The van der Waals surface area contributed by atoms with Gasteiger partial charge in [-0.3, -0.25) is 4.99 Å². The quantitative estimate of drug-likeness (QED) is 0.625. The van der Waals surface area contributed by atoms with Gasteiger partial charge in [0.15, 0.2) is 5.96 Å². The van der Waals surface area contributed by atoms with Gasteiger partial charge >= 0.3 is 6.18 Å². The van der Waals surface area contributed by atoms with Gasteiger partial charge in [-0.15, -0.1) is 11.3 Å². The topological polar surface area (TPSA) is 49.3 Å². The number of alkyl halides is 3. The third-order valence-corrected chi connectivity index (χ3v) is 3.86. The first kappa shape index (κ1) is 17.7. The highest BCUT2D eigenvalue weighted by Gasteiger charge is 2.26. The van der Waals surface area contributed by atoms with Crippen molar-refractivity contribution in [3.63, 3.8) is 0 Å². The Kier molecular flexibility index (Phi) is 6.94. The maximum Gasteiger partial charge on any atom is 0.390 e. The molecule has 0 saturated heterocycles. The van der Waals surface area contributed by atoms with Crippen LogP contribution < -0.4 is 10.6 Å². The lowest BCUT2D eigenvalue weighted by Gasteiger charge is -2.12. The number of aliphatic imine (C=N–C) groups is 1. The lowest BCUT2D eigenvalue weighted by atomic mass is 10.2. The van der Waals surface area contributed by atoms with E-state index in [-0.39, 0.29) is 6.54 Å². The van der Waals surface area contributed by atoms with Gasteiger partial charge in [-0.05, 0) is 0 Å². The standard InChI is InChI=1S/C13H21F3N4S/c1-9(2)11-20-10(8-21-11)4-6-18-12(17-3)19-7-5-13(14,15)16/h8-9H,4-7H2,1-3H3,(H2,17,18,19). The van der Waals surface area contributed by atoms with Gasteiger partial charge in [-0.25, -0.2) is 4.98 Å². The highest BCUT2D eigenvalue weighted by molar-refractivity contribution is 7.09. The number of halogens is 3. The van der Waals surface area contributed by atoms with E-state index in [2.05, 4.69) is 34.5 Å². The van der Waals surface area contributed by atoms with E-state index in [1.807, 2.05) is 5.38 Å². The summed E-state index contributed by atoms with van der Waals surface area (Å²) in [6.07, 6.45) is -4.32. The van der Waals surface area contributed by atoms with Gasteiger partial charge < -0.3 is 10.6 Å². The third kappa shape index (κ3) is 7.31. The van der Waals surface area contributed by atoms with Crippen molar-refractivity contribution in [2.75, 3.05) is 20.1 Å². The summed E-state index contributed by atoms with van der Waals surface area (Å²) in [6.45, 7) is 4.57. The van der Waals surface area contributed by atoms with Crippen molar-refractivity contribution in [3.05, 3.63) is 16.1 Å². The number of nitrogens with zero attached hydrogens (tertiary/aromatic N) is 2. The molecule has 120 valence electrons. The zero-order valence-electron chi connectivity index (χ0n) is 12.4. The molecule has 0 unspecified atom stereocenters. The number of aromatic nitrogens is 1. The van der Waals surface area contributed by atoms with Crippen LogP contribution in [0.2, 0.25) is 0 Å². The zero-order valence-corrected chi connectivity index (χ0v) is 13.2. The maximum atomic E-state index is 12.0. The summed E-state index contributed by atoms with van der Waals surface area (Å²) in [5, 5.41) is 8.72. The first-order valence-electron chi connectivity index (χ1n) is 6.77. The minimum Gasteiger partial charge on any atom is -0.356 e. The molecule has 1 aromatic heterocycles. The third-order valence-electron chi connectivity index (χ3n) is 2.66. The van der Waals surface area contributed by atoms with Gasteiger partial charge in [0.2, 0.25) is 0 Å². The number of hydrogen-bond donors (Lipinski definition) is 2. The molecule has 1 heterocycles. The molecule has 0 fully saturated rings. The molecule has 1 rings (SSSR count). The summed E-state index contributed by atoms with van der Waals surface area (Å²) in [5.74, 6) is 0.784. The van der Waals surface area contributed by atoms with E-state index < -0.39 is 12.6 Å². The largest absolute Gasteiger partial charge is 0.390 e. The van der Waals surface area contributed by atoms with Crippen LogP contribution in [-0.2, 0) is 6.42 Å². The van der Waals surface area contributed by atoms with E-state index in [9.17, 15) is 13.2 Å². The molecule has 0 amide bonds. The summed E-state index contributed by atoms with van der Waals surface area (Å²) in [4.78, 5) is 8.38. The van der Waals surface area contributed by atoms with E-state index >= 15 is 0 Å². The Hall–Kier alpha value is -1.31. The van der Waals surface area contributed by atoms with Crippen molar-refractivity contribution < 1.29 is 13.2 Å². The van der Waals surface area contributed by atoms with Crippen LogP contribution >= 0.6 is 11.3 Å². The van der Waals surface area contributed by atoms with Gasteiger partial charge in [0, 0.05) is 37.9 Å². The molecule has 0 aliphatic heterocycles. The predicted octanol–water partition coefficient (Wildman–Crippen LogP) is 2.93. The molecular weight excluding hydrogens is 301 g/mol. The van der Waals surface area contributed by atoms with Crippen LogP contribution in [0.3, 0.4) is 0 Å². The second-order valence-corrected chi connectivity index (χ2v) is 5.76. The fourth-order valence-electron chi connectivity index (χ4n) is 1.55. The summed E-state index contributed by atoms with van der Waals surface area (Å²) in [6, 6.07) is 0. The molecule has 0 aliphatic carbocycles. The van der Waals surface area contributed by atoms with E-state index in [0.717, 1.165) is 10.7 Å². The first-order valence-corrected chi connectivity index (χ1v) is 7.65.